The van der Waals surface area contributed by atoms with Crippen molar-refractivity contribution in [2.24, 2.45) is 0 Å². The first-order valence-electron chi connectivity index (χ1n) is 7.01. The van der Waals surface area contributed by atoms with Crippen molar-refractivity contribution in [2.45, 2.75) is 19.9 Å². The number of hydrogen-bond acceptors (Lipinski definition) is 2. The molecular formula is C17H18ClFN2O. The Morgan fingerprint density at radius 2 is 2.00 bits per heavy atom. The van der Waals surface area contributed by atoms with Gasteiger partial charge in [-0.1, -0.05) is 29.8 Å². The average Bonchev–Trinajstić information content (AvgIpc) is 2.48. The van der Waals surface area contributed by atoms with E-state index in [-0.39, 0.29) is 24.3 Å². The summed E-state index contributed by atoms with van der Waals surface area (Å²) < 4.78 is 13.6. The first-order valence-corrected chi connectivity index (χ1v) is 7.39. The van der Waals surface area contributed by atoms with Crippen molar-refractivity contribution < 1.29 is 9.18 Å². The highest BCUT2D eigenvalue weighted by Crippen LogP contribution is 2.19. The first kappa shape index (κ1) is 16.5. The Balaban J connectivity index is 1.91. The van der Waals surface area contributed by atoms with Crippen molar-refractivity contribution in [1.82, 2.24) is 5.32 Å². The maximum absolute atomic E-state index is 13.6. The number of halogens is 2. The highest BCUT2D eigenvalue weighted by molar-refractivity contribution is 6.30. The highest BCUT2D eigenvalue weighted by atomic mass is 35.5. The van der Waals surface area contributed by atoms with Crippen molar-refractivity contribution in [2.75, 3.05) is 11.9 Å². The van der Waals surface area contributed by atoms with E-state index in [0.29, 0.717) is 10.6 Å². The average molecular weight is 321 g/mol. The molecule has 1 amide bonds. The van der Waals surface area contributed by atoms with Gasteiger partial charge in [0.25, 0.3) is 0 Å². The van der Waals surface area contributed by atoms with Crippen LogP contribution in [0.2, 0.25) is 5.02 Å². The molecule has 1 atom stereocenters. The second kappa shape index (κ2) is 7.38. The van der Waals surface area contributed by atoms with Crippen molar-refractivity contribution in [3.05, 3.63) is 64.4 Å². The van der Waals surface area contributed by atoms with Crippen LogP contribution in [0.5, 0.6) is 0 Å². The fourth-order valence-corrected chi connectivity index (χ4v) is 2.37. The Hall–Kier alpha value is -1.91. The third kappa shape index (κ3) is 4.29. The van der Waals surface area contributed by atoms with Crippen LogP contribution >= 0.6 is 11.6 Å². The van der Waals surface area contributed by atoms with Gasteiger partial charge in [-0.15, -0.1) is 0 Å². The summed E-state index contributed by atoms with van der Waals surface area (Å²) in [5.74, 6) is -0.468. The zero-order valence-electron chi connectivity index (χ0n) is 12.5. The van der Waals surface area contributed by atoms with Crippen LogP contribution in [0.4, 0.5) is 10.1 Å². The molecule has 1 unspecified atom stereocenters. The molecule has 2 N–H and O–H groups in total. The minimum Gasteiger partial charge on any atom is -0.325 e. The lowest BCUT2D eigenvalue weighted by atomic mass is 10.1. The van der Waals surface area contributed by atoms with Gasteiger partial charge in [-0.25, -0.2) is 4.39 Å². The second-order valence-electron chi connectivity index (χ2n) is 5.13. The third-order valence-electron chi connectivity index (χ3n) is 3.40. The Morgan fingerprint density at radius 3 is 2.68 bits per heavy atom. The lowest BCUT2D eigenvalue weighted by Gasteiger charge is -2.15. The van der Waals surface area contributed by atoms with Crippen LogP contribution in [-0.2, 0) is 4.79 Å². The molecule has 0 radical (unpaired) electrons. The number of nitrogens with one attached hydrogen (secondary N) is 2. The number of carbonyl (C=O) groups is 1. The van der Waals surface area contributed by atoms with E-state index in [4.69, 9.17) is 11.6 Å². The summed E-state index contributed by atoms with van der Waals surface area (Å²) in [5, 5.41) is 6.44. The summed E-state index contributed by atoms with van der Waals surface area (Å²) in [5.41, 5.74) is 2.15. The molecule has 116 valence electrons. The molecule has 2 rings (SSSR count). The number of amides is 1. The number of carbonyl (C=O) groups excluding carboxylic acids is 1. The summed E-state index contributed by atoms with van der Waals surface area (Å²) in [6.45, 7) is 3.79. The monoisotopic (exact) mass is 320 g/mol. The van der Waals surface area contributed by atoms with Crippen molar-refractivity contribution >= 4 is 23.2 Å². The summed E-state index contributed by atoms with van der Waals surface area (Å²) in [6.07, 6.45) is 0. The summed E-state index contributed by atoms with van der Waals surface area (Å²) in [4.78, 5) is 12.0. The fourth-order valence-electron chi connectivity index (χ4n) is 2.14. The molecule has 5 heteroatoms. The van der Waals surface area contributed by atoms with Crippen LogP contribution in [0.25, 0.3) is 0 Å². The van der Waals surface area contributed by atoms with Crippen LogP contribution in [0, 0.1) is 12.7 Å². The summed E-state index contributed by atoms with van der Waals surface area (Å²) >= 11 is 5.88. The zero-order chi connectivity index (χ0) is 16.1. The molecule has 22 heavy (non-hydrogen) atoms. The van der Waals surface area contributed by atoms with Crippen molar-refractivity contribution in [1.29, 1.82) is 0 Å². The third-order valence-corrected chi connectivity index (χ3v) is 3.64. The lowest BCUT2D eigenvalue weighted by molar-refractivity contribution is -0.115. The largest absolute Gasteiger partial charge is 0.325 e. The minimum atomic E-state index is -0.281. The molecular weight excluding hydrogens is 303 g/mol. The molecule has 0 aliphatic carbocycles. The molecule has 0 aliphatic heterocycles. The Morgan fingerprint density at radius 1 is 1.27 bits per heavy atom. The normalized spacial score (nSPS) is 12.0. The van der Waals surface area contributed by atoms with Gasteiger partial charge in [-0.05, 0) is 43.7 Å². The van der Waals surface area contributed by atoms with Gasteiger partial charge < -0.3 is 10.6 Å². The molecule has 0 saturated heterocycles. The van der Waals surface area contributed by atoms with Gasteiger partial charge in [0.15, 0.2) is 0 Å². The van der Waals surface area contributed by atoms with Gasteiger partial charge in [-0.3, -0.25) is 4.79 Å². The standard InChI is InChI=1S/C17H18ClFN2O/c1-11-9-13(18)7-8-16(11)21-17(22)10-20-12(2)14-5-3-4-6-15(14)19/h3-9,12,20H,10H2,1-2H3,(H,21,22). The Kier molecular flexibility index (Phi) is 5.52. The Bertz CT molecular complexity index is 675. The van der Waals surface area contributed by atoms with Gasteiger partial charge in [-0.2, -0.15) is 0 Å². The van der Waals surface area contributed by atoms with Crippen LogP contribution in [0.3, 0.4) is 0 Å². The predicted octanol–water partition coefficient (Wildman–Crippen LogP) is 4.08. The van der Waals surface area contributed by atoms with E-state index in [1.807, 2.05) is 13.8 Å². The number of benzene rings is 2. The van der Waals surface area contributed by atoms with E-state index in [2.05, 4.69) is 10.6 Å². The van der Waals surface area contributed by atoms with Gasteiger partial charge in [0.2, 0.25) is 5.91 Å². The van der Waals surface area contributed by atoms with Crippen LogP contribution in [-0.4, -0.2) is 12.5 Å². The number of aryl methyl sites for hydroxylation is 1. The van der Waals surface area contributed by atoms with E-state index in [9.17, 15) is 9.18 Å². The maximum Gasteiger partial charge on any atom is 0.238 e. The first-order chi connectivity index (χ1) is 10.5. The van der Waals surface area contributed by atoms with Crippen molar-refractivity contribution in [3.8, 4) is 0 Å². The van der Waals surface area contributed by atoms with E-state index in [1.54, 1.807) is 36.4 Å². The van der Waals surface area contributed by atoms with E-state index in [0.717, 1.165) is 11.3 Å². The van der Waals surface area contributed by atoms with E-state index >= 15 is 0 Å². The van der Waals surface area contributed by atoms with E-state index in [1.165, 1.54) is 6.07 Å². The summed E-state index contributed by atoms with van der Waals surface area (Å²) in [7, 11) is 0. The quantitative estimate of drug-likeness (QED) is 0.871. The number of hydrogen-bond donors (Lipinski definition) is 2. The zero-order valence-corrected chi connectivity index (χ0v) is 13.2. The predicted molar refractivity (Wildman–Crippen MR) is 87.6 cm³/mol. The van der Waals surface area contributed by atoms with Gasteiger partial charge >= 0.3 is 0 Å². The van der Waals surface area contributed by atoms with E-state index < -0.39 is 0 Å². The molecule has 2 aromatic carbocycles. The molecule has 0 aliphatic rings. The molecule has 0 spiro atoms. The second-order valence-corrected chi connectivity index (χ2v) is 5.57. The molecule has 3 nitrogen and oxygen atoms in total. The summed E-state index contributed by atoms with van der Waals surface area (Å²) in [6, 6.07) is 11.5. The number of rotatable bonds is 5. The highest BCUT2D eigenvalue weighted by Gasteiger charge is 2.12. The van der Waals surface area contributed by atoms with Crippen LogP contribution in [0.15, 0.2) is 42.5 Å². The topological polar surface area (TPSA) is 41.1 Å². The van der Waals surface area contributed by atoms with Gasteiger partial charge in [0.05, 0.1) is 6.54 Å². The maximum atomic E-state index is 13.6. The van der Waals surface area contributed by atoms with Gasteiger partial charge in [0.1, 0.15) is 5.82 Å². The Labute approximate surface area is 134 Å². The molecule has 0 heterocycles. The molecule has 2 aromatic rings. The van der Waals surface area contributed by atoms with Crippen LogP contribution < -0.4 is 10.6 Å². The smallest absolute Gasteiger partial charge is 0.238 e. The van der Waals surface area contributed by atoms with Crippen molar-refractivity contribution in [3.63, 3.8) is 0 Å². The number of anilines is 1. The fraction of sp³-hybridized carbons (Fsp3) is 0.235. The molecule has 0 fully saturated rings. The molecule has 0 bridgehead atoms. The minimum absolute atomic E-state index is 0.0948. The SMILES string of the molecule is Cc1cc(Cl)ccc1NC(=O)CNC(C)c1ccccc1F. The molecule has 0 aromatic heterocycles. The molecule has 0 saturated carbocycles. The van der Waals surface area contributed by atoms with Crippen LogP contribution in [0.1, 0.15) is 24.1 Å². The van der Waals surface area contributed by atoms with Gasteiger partial charge in [0, 0.05) is 22.3 Å². The lowest BCUT2D eigenvalue weighted by Crippen LogP contribution is -2.30.